The Morgan fingerprint density at radius 2 is 1.67 bits per heavy atom. The number of methoxy groups -OCH3 is 2. The second-order valence-corrected chi connectivity index (χ2v) is 4.52. The molecule has 0 aliphatic heterocycles. The van der Waals surface area contributed by atoms with Crippen molar-refractivity contribution < 1.29 is 14.3 Å². The standard InChI is InChI=1S/C13H18BrNO3/c1-5-15(6-2)13(16)9-7-11(17-3)12(18-4)8-10(9)14/h7-8H,5-6H2,1-4H3. The Hall–Kier alpha value is -1.23. The lowest BCUT2D eigenvalue weighted by Gasteiger charge is -2.20. The first-order valence-corrected chi connectivity index (χ1v) is 6.59. The van der Waals surface area contributed by atoms with Crippen LogP contribution in [0, 0.1) is 0 Å². The Kier molecular flexibility index (Phi) is 5.47. The van der Waals surface area contributed by atoms with Crippen molar-refractivity contribution in [2.75, 3.05) is 27.3 Å². The molecule has 0 bridgehead atoms. The number of halogens is 1. The number of amides is 1. The number of carbonyl (C=O) groups is 1. The molecule has 0 radical (unpaired) electrons. The molecule has 4 nitrogen and oxygen atoms in total. The number of hydrogen-bond acceptors (Lipinski definition) is 3. The van der Waals surface area contributed by atoms with Gasteiger partial charge in [0.25, 0.3) is 5.91 Å². The molecule has 1 aromatic rings. The Labute approximate surface area is 116 Å². The molecule has 0 fully saturated rings. The highest BCUT2D eigenvalue weighted by Gasteiger charge is 2.18. The summed E-state index contributed by atoms with van der Waals surface area (Å²) in [6.07, 6.45) is 0. The molecule has 18 heavy (non-hydrogen) atoms. The molecular weight excluding hydrogens is 298 g/mol. The Bertz CT molecular complexity index is 430. The zero-order valence-corrected chi connectivity index (χ0v) is 12.7. The Balaban J connectivity index is 3.20. The van der Waals surface area contributed by atoms with Gasteiger partial charge in [0.05, 0.1) is 19.8 Å². The van der Waals surface area contributed by atoms with Gasteiger partial charge < -0.3 is 14.4 Å². The van der Waals surface area contributed by atoms with Gasteiger partial charge in [0, 0.05) is 17.6 Å². The summed E-state index contributed by atoms with van der Waals surface area (Å²) in [6.45, 7) is 5.26. The number of benzene rings is 1. The summed E-state index contributed by atoms with van der Waals surface area (Å²) in [5.41, 5.74) is 0.580. The van der Waals surface area contributed by atoms with Crippen LogP contribution in [0.5, 0.6) is 11.5 Å². The smallest absolute Gasteiger partial charge is 0.255 e. The number of rotatable bonds is 5. The average molecular weight is 316 g/mol. The predicted molar refractivity (Wildman–Crippen MR) is 74.5 cm³/mol. The molecule has 0 spiro atoms. The maximum atomic E-state index is 12.3. The van der Waals surface area contributed by atoms with E-state index in [1.165, 1.54) is 0 Å². The van der Waals surface area contributed by atoms with E-state index in [0.717, 1.165) is 0 Å². The summed E-state index contributed by atoms with van der Waals surface area (Å²) in [6, 6.07) is 3.44. The normalized spacial score (nSPS) is 10.1. The lowest BCUT2D eigenvalue weighted by molar-refractivity contribution is 0.0771. The second kappa shape index (κ2) is 6.64. The minimum absolute atomic E-state index is 0.0205. The second-order valence-electron chi connectivity index (χ2n) is 3.66. The molecule has 0 unspecified atom stereocenters. The predicted octanol–water partition coefficient (Wildman–Crippen LogP) is 2.95. The van der Waals surface area contributed by atoms with Gasteiger partial charge in [-0.25, -0.2) is 0 Å². The van der Waals surface area contributed by atoms with Crippen LogP contribution < -0.4 is 9.47 Å². The van der Waals surface area contributed by atoms with Crippen molar-refractivity contribution in [3.05, 3.63) is 22.2 Å². The van der Waals surface area contributed by atoms with E-state index < -0.39 is 0 Å². The number of hydrogen-bond donors (Lipinski definition) is 0. The van der Waals surface area contributed by atoms with Gasteiger partial charge in [0.2, 0.25) is 0 Å². The van der Waals surface area contributed by atoms with E-state index in [9.17, 15) is 4.79 Å². The largest absolute Gasteiger partial charge is 0.493 e. The van der Waals surface area contributed by atoms with Gasteiger partial charge in [-0.3, -0.25) is 4.79 Å². The highest BCUT2D eigenvalue weighted by Crippen LogP contribution is 2.33. The third-order valence-corrected chi connectivity index (χ3v) is 3.41. The zero-order valence-electron chi connectivity index (χ0n) is 11.1. The Morgan fingerprint density at radius 3 is 2.11 bits per heavy atom. The highest BCUT2D eigenvalue weighted by atomic mass is 79.9. The van der Waals surface area contributed by atoms with Crippen molar-refractivity contribution in [2.45, 2.75) is 13.8 Å². The van der Waals surface area contributed by atoms with Crippen molar-refractivity contribution in [3.63, 3.8) is 0 Å². The minimum atomic E-state index is -0.0205. The van der Waals surface area contributed by atoms with Crippen molar-refractivity contribution in [1.82, 2.24) is 4.90 Å². The van der Waals surface area contributed by atoms with Gasteiger partial charge in [-0.05, 0) is 41.9 Å². The van der Waals surface area contributed by atoms with Crippen molar-refractivity contribution >= 4 is 21.8 Å². The van der Waals surface area contributed by atoms with Crippen LogP contribution in [0.25, 0.3) is 0 Å². The van der Waals surface area contributed by atoms with E-state index in [0.29, 0.717) is 34.6 Å². The van der Waals surface area contributed by atoms with Crippen molar-refractivity contribution in [1.29, 1.82) is 0 Å². The summed E-state index contributed by atoms with van der Waals surface area (Å²) in [5, 5.41) is 0. The molecule has 1 amide bonds. The Morgan fingerprint density at radius 1 is 1.17 bits per heavy atom. The zero-order chi connectivity index (χ0) is 13.7. The maximum absolute atomic E-state index is 12.3. The van der Waals surface area contributed by atoms with Crippen molar-refractivity contribution in [3.8, 4) is 11.5 Å². The van der Waals surface area contributed by atoms with Gasteiger partial charge in [-0.15, -0.1) is 0 Å². The molecule has 1 aromatic carbocycles. The molecule has 0 aliphatic carbocycles. The van der Waals surface area contributed by atoms with Crippen LogP contribution >= 0.6 is 15.9 Å². The lowest BCUT2D eigenvalue weighted by atomic mass is 10.1. The first kappa shape index (κ1) is 14.8. The summed E-state index contributed by atoms with van der Waals surface area (Å²) >= 11 is 3.40. The fourth-order valence-corrected chi connectivity index (χ4v) is 2.19. The molecule has 0 atom stereocenters. The molecule has 0 aliphatic rings. The molecule has 100 valence electrons. The van der Waals surface area contributed by atoms with Crippen LogP contribution in [-0.2, 0) is 0 Å². The van der Waals surface area contributed by atoms with E-state index >= 15 is 0 Å². The molecule has 0 aromatic heterocycles. The topological polar surface area (TPSA) is 38.8 Å². The number of nitrogens with zero attached hydrogens (tertiary/aromatic N) is 1. The summed E-state index contributed by atoms with van der Waals surface area (Å²) in [5.74, 6) is 1.13. The number of carbonyl (C=O) groups excluding carboxylic acids is 1. The third kappa shape index (κ3) is 2.96. The van der Waals surface area contributed by atoms with Gasteiger partial charge in [0.1, 0.15) is 0 Å². The van der Waals surface area contributed by atoms with Crippen LogP contribution in [-0.4, -0.2) is 38.1 Å². The third-order valence-electron chi connectivity index (χ3n) is 2.75. The highest BCUT2D eigenvalue weighted by molar-refractivity contribution is 9.10. The van der Waals surface area contributed by atoms with Gasteiger partial charge >= 0.3 is 0 Å². The molecule has 0 saturated carbocycles. The van der Waals surface area contributed by atoms with Gasteiger partial charge in [-0.2, -0.15) is 0 Å². The minimum Gasteiger partial charge on any atom is -0.493 e. The van der Waals surface area contributed by atoms with Crippen LogP contribution in [0.3, 0.4) is 0 Å². The lowest BCUT2D eigenvalue weighted by Crippen LogP contribution is -2.30. The van der Waals surface area contributed by atoms with E-state index in [-0.39, 0.29) is 5.91 Å². The SMILES string of the molecule is CCN(CC)C(=O)c1cc(OC)c(OC)cc1Br. The fraction of sp³-hybridized carbons (Fsp3) is 0.462. The molecule has 5 heteroatoms. The van der Waals surface area contributed by atoms with Crippen LogP contribution in [0.4, 0.5) is 0 Å². The molecule has 0 N–H and O–H groups in total. The van der Waals surface area contributed by atoms with Gasteiger partial charge in [-0.1, -0.05) is 0 Å². The van der Waals surface area contributed by atoms with Gasteiger partial charge in [0.15, 0.2) is 11.5 Å². The molecular formula is C13H18BrNO3. The van der Waals surface area contributed by atoms with E-state index in [4.69, 9.17) is 9.47 Å². The number of ether oxygens (including phenoxy) is 2. The van der Waals surface area contributed by atoms with E-state index in [1.54, 1.807) is 31.3 Å². The van der Waals surface area contributed by atoms with Crippen LogP contribution in [0.15, 0.2) is 16.6 Å². The summed E-state index contributed by atoms with van der Waals surface area (Å²) < 4.78 is 11.1. The van der Waals surface area contributed by atoms with E-state index in [1.807, 2.05) is 13.8 Å². The average Bonchev–Trinajstić information content (AvgIpc) is 2.39. The molecule has 0 saturated heterocycles. The molecule has 1 rings (SSSR count). The van der Waals surface area contributed by atoms with Crippen LogP contribution in [0.1, 0.15) is 24.2 Å². The molecule has 0 heterocycles. The summed E-state index contributed by atoms with van der Waals surface area (Å²) in [7, 11) is 3.12. The fourth-order valence-electron chi connectivity index (χ4n) is 1.70. The van der Waals surface area contributed by atoms with Crippen LogP contribution in [0.2, 0.25) is 0 Å². The quantitative estimate of drug-likeness (QED) is 0.838. The maximum Gasteiger partial charge on any atom is 0.255 e. The van der Waals surface area contributed by atoms with E-state index in [2.05, 4.69) is 15.9 Å². The first-order valence-electron chi connectivity index (χ1n) is 5.79. The summed E-state index contributed by atoms with van der Waals surface area (Å²) in [4.78, 5) is 14.1. The monoisotopic (exact) mass is 315 g/mol. The first-order chi connectivity index (χ1) is 8.58. The van der Waals surface area contributed by atoms with Crippen molar-refractivity contribution in [2.24, 2.45) is 0 Å².